The maximum atomic E-state index is 15.2. The molecule has 1 aromatic heterocycles. The number of amides is 1. The topological polar surface area (TPSA) is 65.7 Å². The van der Waals surface area contributed by atoms with Gasteiger partial charge in [-0.2, -0.15) is 4.98 Å². The maximum Gasteiger partial charge on any atom is 0.252 e. The summed E-state index contributed by atoms with van der Waals surface area (Å²) >= 11 is 0. The van der Waals surface area contributed by atoms with Gasteiger partial charge in [0.05, 0.1) is 0 Å². The number of aromatic nitrogens is 2. The highest BCUT2D eigenvalue weighted by Crippen LogP contribution is 2.44. The van der Waals surface area contributed by atoms with Gasteiger partial charge in [-0.3, -0.25) is 14.6 Å². The number of alkyl halides is 2. The molecule has 2 saturated heterocycles. The second-order valence-corrected chi connectivity index (χ2v) is 11.9. The van der Waals surface area contributed by atoms with E-state index in [1.807, 2.05) is 0 Å². The molecule has 0 bridgehead atoms. The SMILES string of the molecule is CC(C)N1CCN([C@H]2CCCC(F)(F)[C@@H]2CC(=O)N2CCC(C)(c3noc(C4CC4)n3)CC2)CC1. The van der Waals surface area contributed by atoms with E-state index in [4.69, 9.17) is 4.52 Å². The highest BCUT2D eigenvalue weighted by Gasteiger charge is 2.50. The molecule has 1 aromatic rings. The van der Waals surface area contributed by atoms with Gasteiger partial charge in [-0.15, -0.1) is 0 Å². The number of rotatable bonds is 6. The Kier molecular flexibility index (Phi) is 6.94. The molecule has 196 valence electrons. The van der Waals surface area contributed by atoms with Crippen molar-refractivity contribution in [2.75, 3.05) is 39.3 Å². The van der Waals surface area contributed by atoms with Gasteiger partial charge < -0.3 is 9.42 Å². The minimum absolute atomic E-state index is 0.0627. The Labute approximate surface area is 207 Å². The molecular formula is C26H41F2N5O2. The molecule has 7 nitrogen and oxygen atoms in total. The van der Waals surface area contributed by atoms with Crippen LogP contribution in [0.2, 0.25) is 0 Å². The number of piperazine rings is 1. The van der Waals surface area contributed by atoms with Gasteiger partial charge in [0.15, 0.2) is 5.82 Å². The van der Waals surface area contributed by atoms with Crippen molar-refractivity contribution in [3.05, 3.63) is 11.7 Å². The van der Waals surface area contributed by atoms with Gasteiger partial charge in [0, 0.05) is 81.4 Å². The lowest BCUT2D eigenvalue weighted by atomic mass is 9.77. The lowest BCUT2D eigenvalue weighted by Crippen LogP contribution is -2.58. The number of hydrogen-bond acceptors (Lipinski definition) is 6. The molecule has 3 heterocycles. The standard InChI is InChI=1S/C26H41F2N5O2/c1-18(2)31-13-15-32(16-14-31)21-5-4-8-26(27,28)20(21)17-22(34)33-11-9-25(3,10-12-33)24-29-23(35-30-24)19-6-7-19/h18-21H,4-17H2,1-3H3/t20-,21+/m1/s1. The molecule has 2 atom stereocenters. The lowest BCUT2D eigenvalue weighted by molar-refractivity contribution is -0.151. The number of hydrogen-bond donors (Lipinski definition) is 0. The van der Waals surface area contributed by atoms with Gasteiger partial charge in [-0.25, -0.2) is 8.78 Å². The third-order valence-electron chi connectivity index (χ3n) is 9.09. The van der Waals surface area contributed by atoms with Crippen molar-refractivity contribution >= 4 is 5.91 Å². The summed E-state index contributed by atoms with van der Waals surface area (Å²) in [5, 5.41) is 4.24. The Balaban J connectivity index is 1.20. The Bertz CT molecular complexity index is 886. The molecule has 2 saturated carbocycles. The van der Waals surface area contributed by atoms with Gasteiger partial charge in [-0.05, 0) is 52.4 Å². The smallest absolute Gasteiger partial charge is 0.252 e. The normalized spacial score (nSPS) is 30.1. The minimum Gasteiger partial charge on any atom is -0.343 e. The zero-order valence-corrected chi connectivity index (χ0v) is 21.5. The fraction of sp³-hybridized carbons (Fsp3) is 0.885. The van der Waals surface area contributed by atoms with Crippen LogP contribution in [0.3, 0.4) is 0 Å². The van der Waals surface area contributed by atoms with E-state index in [1.165, 1.54) is 0 Å². The first-order chi connectivity index (χ1) is 16.7. The Hall–Kier alpha value is -1.61. The first-order valence-corrected chi connectivity index (χ1v) is 13.6. The van der Waals surface area contributed by atoms with Crippen molar-refractivity contribution in [1.82, 2.24) is 24.8 Å². The molecule has 35 heavy (non-hydrogen) atoms. The molecule has 1 amide bonds. The molecular weight excluding hydrogens is 452 g/mol. The van der Waals surface area contributed by atoms with E-state index >= 15 is 8.78 Å². The van der Waals surface area contributed by atoms with Crippen LogP contribution in [0, 0.1) is 5.92 Å². The van der Waals surface area contributed by atoms with Crippen molar-refractivity contribution in [2.24, 2.45) is 5.92 Å². The van der Waals surface area contributed by atoms with Gasteiger partial charge in [0.2, 0.25) is 11.8 Å². The number of nitrogens with zero attached hydrogens (tertiary/aromatic N) is 5. The maximum absolute atomic E-state index is 15.2. The van der Waals surface area contributed by atoms with E-state index in [-0.39, 0.29) is 30.2 Å². The van der Waals surface area contributed by atoms with Crippen molar-refractivity contribution < 1.29 is 18.1 Å². The summed E-state index contributed by atoms with van der Waals surface area (Å²) < 4.78 is 35.8. The van der Waals surface area contributed by atoms with Crippen molar-refractivity contribution in [2.45, 2.75) is 101 Å². The zero-order chi connectivity index (χ0) is 24.8. The first-order valence-electron chi connectivity index (χ1n) is 13.6. The van der Waals surface area contributed by atoms with Crippen LogP contribution >= 0.6 is 0 Å². The summed E-state index contributed by atoms with van der Waals surface area (Å²) in [7, 11) is 0. The fourth-order valence-electron chi connectivity index (χ4n) is 6.29. The summed E-state index contributed by atoms with van der Waals surface area (Å²) in [5.74, 6) is -1.94. The molecule has 2 aliphatic heterocycles. The van der Waals surface area contributed by atoms with Crippen molar-refractivity contribution in [3.8, 4) is 0 Å². The summed E-state index contributed by atoms with van der Waals surface area (Å²) in [6, 6.07) is 0.257. The Morgan fingerprint density at radius 2 is 1.74 bits per heavy atom. The average Bonchev–Trinajstić information content (AvgIpc) is 3.56. The molecule has 0 unspecified atom stereocenters. The number of carbonyl (C=O) groups is 1. The van der Waals surface area contributed by atoms with Crippen LogP contribution in [0.5, 0.6) is 0 Å². The van der Waals surface area contributed by atoms with Crippen LogP contribution in [0.25, 0.3) is 0 Å². The van der Waals surface area contributed by atoms with Gasteiger partial charge in [0.25, 0.3) is 5.92 Å². The minimum atomic E-state index is -2.79. The van der Waals surface area contributed by atoms with Gasteiger partial charge in [-0.1, -0.05) is 12.1 Å². The third kappa shape index (κ3) is 5.26. The second kappa shape index (κ2) is 9.69. The molecule has 0 spiro atoms. The predicted octanol–water partition coefficient (Wildman–Crippen LogP) is 4.05. The predicted molar refractivity (Wildman–Crippen MR) is 128 cm³/mol. The van der Waals surface area contributed by atoms with Crippen LogP contribution in [0.15, 0.2) is 4.52 Å². The number of halogens is 2. The first kappa shape index (κ1) is 25.1. The summed E-state index contributed by atoms with van der Waals surface area (Å²) in [6.07, 6.45) is 4.80. The zero-order valence-electron chi connectivity index (χ0n) is 21.5. The Morgan fingerprint density at radius 3 is 2.37 bits per heavy atom. The molecule has 9 heteroatoms. The fourth-order valence-corrected chi connectivity index (χ4v) is 6.29. The van der Waals surface area contributed by atoms with Gasteiger partial charge >= 0.3 is 0 Å². The molecule has 0 aromatic carbocycles. The average molecular weight is 494 g/mol. The van der Waals surface area contributed by atoms with Gasteiger partial charge in [0.1, 0.15) is 0 Å². The quantitative estimate of drug-likeness (QED) is 0.596. The highest BCUT2D eigenvalue weighted by atomic mass is 19.3. The van der Waals surface area contributed by atoms with Crippen LogP contribution in [0.1, 0.15) is 89.8 Å². The number of carbonyl (C=O) groups excluding carboxylic acids is 1. The van der Waals surface area contributed by atoms with E-state index in [2.05, 4.69) is 40.7 Å². The van der Waals surface area contributed by atoms with Crippen molar-refractivity contribution in [3.63, 3.8) is 0 Å². The Morgan fingerprint density at radius 1 is 1.06 bits per heavy atom. The van der Waals surface area contributed by atoms with Crippen molar-refractivity contribution in [1.29, 1.82) is 0 Å². The molecule has 0 N–H and O–H groups in total. The van der Waals surface area contributed by atoms with Crippen LogP contribution < -0.4 is 0 Å². The monoisotopic (exact) mass is 493 g/mol. The van der Waals surface area contributed by atoms with E-state index in [9.17, 15) is 4.79 Å². The highest BCUT2D eigenvalue weighted by molar-refractivity contribution is 5.76. The molecule has 4 fully saturated rings. The largest absolute Gasteiger partial charge is 0.343 e. The second-order valence-electron chi connectivity index (χ2n) is 11.9. The molecule has 5 rings (SSSR count). The van der Waals surface area contributed by atoms with E-state index in [1.54, 1.807) is 4.90 Å². The van der Waals surface area contributed by atoms with E-state index in [0.29, 0.717) is 31.5 Å². The molecule has 4 aliphatic rings. The van der Waals surface area contributed by atoms with Crippen LogP contribution in [0.4, 0.5) is 8.78 Å². The summed E-state index contributed by atoms with van der Waals surface area (Å²) in [4.78, 5) is 24.4. The van der Waals surface area contributed by atoms with E-state index in [0.717, 1.165) is 70.0 Å². The third-order valence-corrected chi connectivity index (χ3v) is 9.09. The molecule has 2 aliphatic carbocycles. The lowest BCUT2D eigenvalue weighted by Gasteiger charge is -2.47. The summed E-state index contributed by atoms with van der Waals surface area (Å²) in [5.41, 5.74) is -0.235. The van der Waals surface area contributed by atoms with E-state index < -0.39 is 11.8 Å². The van der Waals surface area contributed by atoms with Crippen LogP contribution in [-0.2, 0) is 10.2 Å². The molecule has 0 radical (unpaired) electrons. The number of likely N-dealkylation sites (tertiary alicyclic amines) is 1. The van der Waals surface area contributed by atoms with Crippen LogP contribution in [-0.4, -0.2) is 88.0 Å². The number of piperidine rings is 1. The summed E-state index contributed by atoms with van der Waals surface area (Å²) in [6.45, 7) is 11.0.